The summed E-state index contributed by atoms with van der Waals surface area (Å²) in [6.07, 6.45) is -10.4. The van der Waals surface area contributed by atoms with Crippen molar-refractivity contribution in [3.05, 3.63) is 59.2 Å². The fourth-order valence-electron chi connectivity index (χ4n) is 1.91. The number of benzene rings is 2. The van der Waals surface area contributed by atoms with Gasteiger partial charge in [0, 0.05) is 0 Å². The van der Waals surface area contributed by atoms with Gasteiger partial charge in [-0.25, -0.2) is 17.2 Å². The van der Waals surface area contributed by atoms with Gasteiger partial charge in [0.05, 0.1) is 16.8 Å². The highest BCUT2D eigenvalue weighted by molar-refractivity contribution is 7.92. The van der Waals surface area contributed by atoms with E-state index in [1.165, 1.54) is 4.72 Å². The quantitative estimate of drug-likeness (QED) is 0.746. The second kappa shape index (κ2) is 6.41. The van der Waals surface area contributed by atoms with E-state index in [9.17, 15) is 43.5 Å². The lowest BCUT2D eigenvalue weighted by molar-refractivity contribution is -0.143. The van der Waals surface area contributed by atoms with Crippen LogP contribution in [-0.4, -0.2) is 8.42 Å². The van der Waals surface area contributed by atoms with Gasteiger partial charge in [0.2, 0.25) is 0 Å². The zero-order chi connectivity index (χ0) is 19.9. The number of hydrogen-bond acceptors (Lipinski definition) is 2. The molecule has 0 spiro atoms. The molecule has 0 aliphatic rings. The van der Waals surface area contributed by atoms with E-state index in [-0.39, 0.29) is 24.3 Å². The number of alkyl halides is 6. The Balaban J connectivity index is 2.56. The van der Waals surface area contributed by atoms with Crippen molar-refractivity contribution < 1.29 is 43.5 Å². The summed E-state index contributed by atoms with van der Waals surface area (Å²) in [6, 6.07) is 1.25. The SMILES string of the molecule is O=S(=O)(Nc1cc(C(F)(F)F)cc(C(F)(F)F)c1)c1cc(F)ccc1F. The van der Waals surface area contributed by atoms with E-state index >= 15 is 0 Å². The first-order valence-corrected chi connectivity index (χ1v) is 7.96. The number of rotatable bonds is 3. The summed E-state index contributed by atoms with van der Waals surface area (Å²) in [6.45, 7) is 0. The zero-order valence-corrected chi connectivity index (χ0v) is 13.0. The Morgan fingerprint density at radius 1 is 0.769 bits per heavy atom. The first kappa shape index (κ1) is 19.9. The van der Waals surface area contributed by atoms with Crippen molar-refractivity contribution >= 4 is 15.7 Å². The first-order valence-electron chi connectivity index (χ1n) is 6.47. The Hall–Kier alpha value is -2.37. The van der Waals surface area contributed by atoms with Crippen LogP contribution in [0.2, 0.25) is 0 Å². The van der Waals surface area contributed by atoms with Crippen LogP contribution in [0.4, 0.5) is 40.8 Å². The molecule has 2 aromatic carbocycles. The summed E-state index contributed by atoms with van der Waals surface area (Å²) in [5.74, 6) is -2.62. The minimum atomic E-state index is -5.20. The molecule has 12 heteroatoms. The van der Waals surface area contributed by atoms with Crippen LogP contribution in [0.1, 0.15) is 11.1 Å². The number of anilines is 1. The van der Waals surface area contributed by atoms with E-state index < -0.39 is 55.7 Å². The van der Waals surface area contributed by atoms with Crippen LogP contribution in [0, 0.1) is 11.6 Å². The van der Waals surface area contributed by atoms with Crippen LogP contribution in [0.25, 0.3) is 0 Å². The highest BCUT2D eigenvalue weighted by Crippen LogP contribution is 2.38. The molecule has 0 unspecified atom stereocenters. The number of halogens is 8. The van der Waals surface area contributed by atoms with Crippen LogP contribution >= 0.6 is 0 Å². The maximum atomic E-state index is 13.6. The van der Waals surface area contributed by atoms with Gasteiger partial charge in [0.15, 0.2) is 0 Å². The molecule has 3 nitrogen and oxygen atoms in total. The molecule has 2 aromatic rings. The average Bonchev–Trinajstić information content (AvgIpc) is 2.47. The molecule has 142 valence electrons. The van der Waals surface area contributed by atoms with Gasteiger partial charge in [-0.3, -0.25) is 4.72 Å². The molecule has 0 aliphatic heterocycles. The largest absolute Gasteiger partial charge is 0.416 e. The number of nitrogens with one attached hydrogen (secondary N) is 1. The normalized spacial score (nSPS) is 12.9. The predicted octanol–water partition coefficient (Wildman–Crippen LogP) is 4.80. The lowest BCUT2D eigenvalue weighted by Crippen LogP contribution is -2.17. The molecule has 0 amide bonds. The molecule has 0 bridgehead atoms. The van der Waals surface area contributed by atoms with Crippen LogP contribution in [0.3, 0.4) is 0 Å². The van der Waals surface area contributed by atoms with Crippen molar-refractivity contribution in [1.29, 1.82) is 0 Å². The van der Waals surface area contributed by atoms with Crippen molar-refractivity contribution in [2.75, 3.05) is 4.72 Å². The minimum absolute atomic E-state index is 0.101. The molecule has 0 atom stereocenters. The van der Waals surface area contributed by atoms with E-state index in [0.29, 0.717) is 12.1 Å². The van der Waals surface area contributed by atoms with Gasteiger partial charge in [0.25, 0.3) is 10.0 Å². The molecule has 2 rings (SSSR count). The Labute approximate surface area is 141 Å². The summed E-state index contributed by atoms with van der Waals surface area (Å²) < 4.78 is 129. The van der Waals surface area contributed by atoms with E-state index in [0.717, 1.165) is 0 Å². The lowest BCUT2D eigenvalue weighted by Gasteiger charge is -2.15. The molecule has 0 aromatic heterocycles. The standard InChI is InChI=1S/C14H7F8NO2S/c15-9-1-2-11(16)12(6-9)26(24,25)23-10-4-7(13(17,18)19)3-8(5-10)14(20,21)22/h1-6,23H. The van der Waals surface area contributed by atoms with Crippen molar-refractivity contribution in [2.24, 2.45) is 0 Å². The minimum Gasteiger partial charge on any atom is -0.280 e. The van der Waals surface area contributed by atoms with Crippen LogP contribution in [0.15, 0.2) is 41.3 Å². The van der Waals surface area contributed by atoms with Gasteiger partial charge in [-0.05, 0) is 36.4 Å². The zero-order valence-electron chi connectivity index (χ0n) is 12.2. The van der Waals surface area contributed by atoms with Gasteiger partial charge in [-0.15, -0.1) is 0 Å². The maximum absolute atomic E-state index is 13.6. The Morgan fingerprint density at radius 3 is 1.73 bits per heavy atom. The second-order valence-corrected chi connectivity index (χ2v) is 6.63. The third-order valence-electron chi connectivity index (χ3n) is 3.02. The van der Waals surface area contributed by atoms with Crippen molar-refractivity contribution in [2.45, 2.75) is 17.2 Å². The predicted molar refractivity (Wildman–Crippen MR) is 73.6 cm³/mol. The third-order valence-corrected chi connectivity index (χ3v) is 4.42. The molecule has 0 saturated heterocycles. The third kappa shape index (κ3) is 4.42. The summed E-state index contributed by atoms with van der Waals surface area (Å²) in [5.41, 5.74) is -4.66. The van der Waals surface area contributed by atoms with Gasteiger partial charge in [-0.1, -0.05) is 0 Å². The van der Waals surface area contributed by atoms with Gasteiger partial charge >= 0.3 is 12.4 Å². The molecule has 0 aliphatic carbocycles. The van der Waals surface area contributed by atoms with Gasteiger partial charge in [-0.2, -0.15) is 26.3 Å². The van der Waals surface area contributed by atoms with E-state index in [2.05, 4.69) is 0 Å². The van der Waals surface area contributed by atoms with Gasteiger partial charge in [0.1, 0.15) is 16.5 Å². The van der Waals surface area contributed by atoms with Crippen molar-refractivity contribution in [3.8, 4) is 0 Å². The molecule has 1 N–H and O–H groups in total. The summed E-state index contributed by atoms with van der Waals surface area (Å²) in [7, 11) is -4.99. The van der Waals surface area contributed by atoms with Crippen molar-refractivity contribution in [1.82, 2.24) is 0 Å². The Morgan fingerprint density at radius 2 is 1.27 bits per heavy atom. The number of hydrogen-bond donors (Lipinski definition) is 1. The fourth-order valence-corrected chi connectivity index (χ4v) is 3.04. The van der Waals surface area contributed by atoms with E-state index in [1.807, 2.05) is 0 Å². The number of sulfonamides is 1. The van der Waals surface area contributed by atoms with Gasteiger partial charge < -0.3 is 0 Å². The Bertz CT molecular complexity index is 903. The van der Waals surface area contributed by atoms with E-state index in [4.69, 9.17) is 0 Å². The Kier molecular flexibility index (Phi) is 4.92. The molecule has 0 fully saturated rings. The molecule has 0 radical (unpaired) electrons. The van der Waals surface area contributed by atoms with E-state index in [1.54, 1.807) is 0 Å². The summed E-state index contributed by atoms with van der Waals surface area (Å²) in [5, 5.41) is 0. The highest BCUT2D eigenvalue weighted by atomic mass is 32.2. The summed E-state index contributed by atoms with van der Waals surface area (Å²) in [4.78, 5) is -1.27. The lowest BCUT2D eigenvalue weighted by atomic mass is 10.1. The molecule has 0 saturated carbocycles. The maximum Gasteiger partial charge on any atom is 0.416 e. The second-order valence-electron chi connectivity index (χ2n) is 4.97. The summed E-state index contributed by atoms with van der Waals surface area (Å²) >= 11 is 0. The smallest absolute Gasteiger partial charge is 0.280 e. The fraction of sp³-hybridized carbons (Fsp3) is 0.143. The highest BCUT2D eigenvalue weighted by Gasteiger charge is 2.37. The molecule has 26 heavy (non-hydrogen) atoms. The van der Waals surface area contributed by atoms with Crippen LogP contribution < -0.4 is 4.72 Å². The average molecular weight is 405 g/mol. The molecular formula is C14H7F8NO2S. The monoisotopic (exact) mass is 405 g/mol. The van der Waals surface area contributed by atoms with Crippen LogP contribution in [-0.2, 0) is 22.4 Å². The first-order chi connectivity index (χ1) is 11.7. The van der Waals surface area contributed by atoms with Crippen molar-refractivity contribution in [3.63, 3.8) is 0 Å². The molecule has 0 heterocycles. The topological polar surface area (TPSA) is 46.2 Å². The molecular weight excluding hydrogens is 398 g/mol. The van der Waals surface area contributed by atoms with Crippen LogP contribution in [0.5, 0.6) is 0 Å².